The minimum atomic E-state index is -1.41. The molecule has 198 valence electrons. The Morgan fingerprint density at radius 3 is 1.89 bits per heavy atom. The first-order valence-corrected chi connectivity index (χ1v) is 12.2. The Kier molecular flexibility index (Phi) is 8.39. The predicted molar refractivity (Wildman–Crippen MR) is 130 cm³/mol. The van der Waals surface area contributed by atoms with E-state index in [-0.39, 0.29) is 19.0 Å². The lowest BCUT2D eigenvalue weighted by atomic mass is 9.96. The number of esters is 2. The minimum absolute atomic E-state index is 0.140. The molecule has 0 amide bonds. The summed E-state index contributed by atoms with van der Waals surface area (Å²) in [5, 5.41) is 0. The van der Waals surface area contributed by atoms with Crippen LogP contribution >= 0.6 is 0 Å². The summed E-state index contributed by atoms with van der Waals surface area (Å²) in [6, 6.07) is 18.8. The Labute approximate surface area is 215 Å². The molecule has 2 fully saturated rings. The van der Waals surface area contributed by atoms with Crippen LogP contribution in [0.2, 0.25) is 0 Å². The second kappa shape index (κ2) is 11.5. The third-order valence-electron chi connectivity index (χ3n) is 6.37. The monoisotopic (exact) mass is 512 g/mol. The zero-order chi connectivity index (χ0) is 26.6. The first-order chi connectivity index (χ1) is 17.7. The Bertz CT molecular complexity index is 1090. The molecule has 2 aliphatic rings. The largest absolute Gasteiger partial charge is 0.457 e. The molecule has 0 saturated carbocycles. The van der Waals surface area contributed by atoms with Crippen molar-refractivity contribution in [2.45, 2.75) is 83.3 Å². The van der Waals surface area contributed by atoms with Crippen LogP contribution in [0.15, 0.2) is 60.7 Å². The maximum absolute atomic E-state index is 12.8. The Balaban J connectivity index is 1.64. The highest BCUT2D eigenvalue weighted by molar-refractivity contribution is 5.81. The van der Waals surface area contributed by atoms with E-state index in [0.717, 1.165) is 11.1 Å². The van der Waals surface area contributed by atoms with E-state index >= 15 is 0 Å². The molecule has 4 rings (SSSR count). The van der Waals surface area contributed by atoms with Gasteiger partial charge in [0.15, 0.2) is 29.9 Å². The fourth-order valence-electron chi connectivity index (χ4n) is 4.84. The summed E-state index contributed by atoms with van der Waals surface area (Å²) in [6.45, 7) is 5.90. The lowest BCUT2D eigenvalue weighted by Gasteiger charge is -2.43. The van der Waals surface area contributed by atoms with Gasteiger partial charge in [-0.15, -0.1) is 0 Å². The van der Waals surface area contributed by atoms with E-state index in [0.29, 0.717) is 0 Å². The van der Waals surface area contributed by atoms with E-state index in [4.69, 9.17) is 28.4 Å². The fraction of sp³-hybridized carbons (Fsp3) is 0.464. The Morgan fingerprint density at radius 1 is 0.811 bits per heavy atom. The number of ether oxygens (including phenoxy) is 6. The molecular weight excluding hydrogens is 480 g/mol. The van der Waals surface area contributed by atoms with E-state index in [9.17, 15) is 14.4 Å². The molecule has 0 aromatic heterocycles. The van der Waals surface area contributed by atoms with Gasteiger partial charge in [0.25, 0.3) is 0 Å². The van der Waals surface area contributed by atoms with Gasteiger partial charge in [0.05, 0.1) is 13.2 Å². The number of carbonyl (C=O) groups is 3. The van der Waals surface area contributed by atoms with Gasteiger partial charge in [0.1, 0.15) is 18.3 Å². The number of ketones is 1. The van der Waals surface area contributed by atoms with E-state index in [1.165, 1.54) is 20.8 Å². The van der Waals surface area contributed by atoms with Gasteiger partial charge in [-0.25, -0.2) is 0 Å². The van der Waals surface area contributed by atoms with Crippen molar-refractivity contribution in [1.29, 1.82) is 0 Å². The number of hydrogen-bond donors (Lipinski definition) is 0. The molecule has 2 aliphatic heterocycles. The Morgan fingerprint density at radius 2 is 1.35 bits per heavy atom. The summed E-state index contributed by atoms with van der Waals surface area (Å²) in [5.74, 6) is -2.88. The van der Waals surface area contributed by atoms with E-state index in [1.54, 1.807) is 6.92 Å². The van der Waals surface area contributed by atoms with Crippen molar-refractivity contribution in [3.05, 3.63) is 71.8 Å². The smallest absolute Gasteiger partial charge is 0.303 e. The molecule has 2 saturated heterocycles. The van der Waals surface area contributed by atoms with Crippen molar-refractivity contribution < 1.29 is 42.8 Å². The molecular formula is C28H32O9. The van der Waals surface area contributed by atoms with Crippen LogP contribution < -0.4 is 0 Å². The molecule has 2 heterocycles. The summed E-state index contributed by atoms with van der Waals surface area (Å²) >= 11 is 0. The molecule has 0 aliphatic carbocycles. The molecule has 0 radical (unpaired) electrons. The maximum Gasteiger partial charge on any atom is 0.303 e. The van der Waals surface area contributed by atoms with E-state index in [2.05, 4.69) is 0 Å². The summed E-state index contributed by atoms with van der Waals surface area (Å²) in [6.07, 6.45) is -5.98. The van der Waals surface area contributed by atoms with E-state index in [1.807, 2.05) is 60.7 Å². The molecule has 0 N–H and O–H groups in total. The van der Waals surface area contributed by atoms with Crippen LogP contribution in [0, 0.1) is 0 Å². The lowest BCUT2D eigenvalue weighted by Crippen LogP contribution is -2.59. The molecule has 37 heavy (non-hydrogen) atoms. The van der Waals surface area contributed by atoms with Crippen LogP contribution in [0.25, 0.3) is 0 Å². The number of Topliss-reactive ketones (excluding diaryl/α,β-unsaturated/α-hetero) is 1. The highest BCUT2D eigenvalue weighted by Gasteiger charge is 2.66. The number of benzene rings is 2. The van der Waals surface area contributed by atoms with Gasteiger partial charge in [-0.3, -0.25) is 14.4 Å². The summed E-state index contributed by atoms with van der Waals surface area (Å²) < 4.78 is 36.0. The van der Waals surface area contributed by atoms with Crippen molar-refractivity contribution in [2.75, 3.05) is 0 Å². The summed E-state index contributed by atoms with van der Waals surface area (Å²) in [7, 11) is 0. The number of hydrogen-bond acceptors (Lipinski definition) is 9. The quantitative estimate of drug-likeness (QED) is 0.444. The maximum atomic E-state index is 12.8. The highest BCUT2D eigenvalue weighted by Crippen LogP contribution is 2.46. The van der Waals surface area contributed by atoms with Gasteiger partial charge in [-0.1, -0.05) is 60.7 Å². The zero-order valence-corrected chi connectivity index (χ0v) is 21.3. The number of fused-ring (bicyclic) bond motifs is 2. The molecule has 0 spiro atoms. The molecule has 7 atom stereocenters. The zero-order valence-electron chi connectivity index (χ0n) is 21.3. The summed E-state index contributed by atoms with van der Waals surface area (Å²) in [5.41, 5.74) is 1.76. The second-order valence-electron chi connectivity index (χ2n) is 9.37. The molecule has 2 aromatic rings. The highest BCUT2D eigenvalue weighted by atomic mass is 16.8. The van der Waals surface area contributed by atoms with Gasteiger partial charge in [0.2, 0.25) is 0 Å². The molecule has 9 nitrogen and oxygen atoms in total. The van der Waals surface area contributed by atoms with Gasteiger partial charge in [-0.05, 0) is 25.0 Å². The SMILES string of the molecule is CC(=O)O[C@H]1C2OC(C)(O[C@@H]1[C@@H](OCc1ccccc1)C(C)=O)[C@H](OCc1ccccc1)[C@H]2OC(C)=O. The second-order valence-corrected chi connectivity index (χ2v) is 9.37. The van der Waals surface area contributed by atoms with Gasteiger partial charge >= 0.3 is 11.9 Å². The third-order valence-corrected chi connectivity index (χ3v) is 6.37. The van der Waals surface area contributed by atoms with Crippen molar-refractivity contribution in [2.24, 2.45) is 0 Å². The average Bonchev–Trinajstić information content (AvgIpc) is 3.07. The topological polar surface area (TPSA) is 107 Å². The third kappa shape index (κ3) is 6.24. The lowest BCUT2D eigenvalue weighted by molar-refractivity contribution is -0.342. The normalized spacial score (nSPS) is 29.4. The number of rotatable bonds is 10. The van der Waals surface area contributed by atoms with Gasteiger partial charge < -0.3 is 28.4 Å². The van der Waals surface area contributed by atoms with Crippen molar-refractivity contribution in [3.63, 3.8) is 0 Å². The predicted octanol–water partition coefficient (Wildman–Crippen LogP) is 3.12. The molecule has 9 heteroatoms. The molecule has 2 aromatic carbocycles. The minimum Gasteiger partial charge on any atom is -0.457 e. The standard InChI is InChI=1S/C28H32O9/c1-17(29)22(32-15-20-11-7-5-8-12-20)24-23(34-18(2)30)25-26(35-19(3)31)27(28(4,36-24)37-25)33-16-21-13-9-6-10-14-21/h5-14,22-27H,15-16H2,1-4H3/t22-,23+,24+,25?,26-,27+,28?/m0/s1. The van der Waals surface area contributed by atoms with Crippen molar-refractivity contribution >= 4 is 17.7 Å². The molecule has 2 bridgehead atoms. The van der Waals surface area contributed by atoms with Crippen LogP contribution in [-0.4, -0.2) is 60.1 Å². The fourth-order valence-corrected chi connectivity index (χ4v) is 4.84. The first-order valence-electron chi connectivity index (χ1n) is 12.2. The summed E-state index contributed by atoms with van der Waals surface area (Å²) in [4.78, 5) is 37.0. The van der Waals surface area contributed by atoms with Gasteiger partial charge in [-0.2, -0.15) is 0 Å². The number of carbonyl (C=O) groups excluding carboxylic acids is 3. The van der Waals surface area contributed by atoms with E-state index < -0.39 is 54.3 Å². The van der Waals surface area contributed by atoms with Gasteiger partial charge in [0, 0.05) is 13.8 Å². The van der Waals surface area contributed by atoms with Crippen LogP contribution in [0.5, 0.6) is 0 Å². The van der Waals surface area contributed by atoms with Crippen LogP contribution in [0.3, 0.4) is 0 Å². The van der Waals surface area contributed by atoms with Crippen LogP contribution in [0.4, 0.5) is 0 Å². The van der Waals surface area contributed by atoms with Crippen molar-refractivity contribution in [1.82, 2.24) is 0 Å². The first kappa shape index (κ1) is 26.9. The average molecular weight is 513 g/mol. The van der Waals surface area contributed by atoms with Crippen LogP contribution in [-0.2, 0) is 56.0 Å². The Hall–Kier alpha value is -3.11. The van der Waals surface area contributed by atoms with Crippen LogP contribution in [0.1, 0.15) is 38.8 Å². The van der Waals surface area contributed by atoms with Crippen molar-refractivity contribution in [3.8, 4) is 0 Å². The molecule has 2 unspecified atom stereocenters.